The van der Waals surface area contributed by atoms with Crippen LogP contribution in [0.3, 0.4) is 0 Å². The first-order valence-corrected chi connectivity index (χ1v) is 6.92. The van der Waals surface area contributed by atoms with Crippen LogP contribution in [-0.4, -0.2) is 0 Å². The highest BCUT2D eigenvalue weighted by Crippen LogP contribution is 2.31. The van der Waals surface area contributed by atoms with Crippen LogP contribution >= 0.6 is 56.5 Å². The first-order chi connectivity index (χ1) is 6.70. The zero-order valence-electron chi connectivity index (χ0n) is 7.05. The van der Waals surface area contributed by atoms with Gasteiger partial charge in [0.1, 0.15) is 0 Å². The molecule has 0 saturated carbocycles. The van der Waals surface area contributed by atoms with E-state index in [0.29, 0.717) is 6.42 Å². The number of halogens is 2. The molecule has 1 aromatic carbocycles. The molecule has 0 saturated heterocycles. The van der Waals surface area contributed by atoms with Crippen molar-refractivity contribution in [1.29, 1.82) is 5.26 Å². The van der Waals surface area contributed by atoms with Crippen molar-refractivity contribution in [2.75, 3.05) is 0 Å². The van der Waals surface area contributed by atoms with Gasteiger partial charge in [0.25, 0.3) is 0 Å². The third-order valence-electron chi connectivity index (χ3n) is 1.84. The minimum absolute atomic E-state index is 0.520. The Balaban J connectivity index is 2.66. The van der Waals surface area contributed by atoms with E-state index in [0.717, 1.165) is 4.88 Å². The average molecular weight is 425 g/mol. The summed E-state index contributed by atoms with van der Waals surface area (Å²) >= 11 is 6.39. The van der Waals surface area contributed by atoms with E-state index < -0.39 is 0 Å². The van der Waals surface area contributed by atoms with Gasteiger partial charge in [-0.15, -0.1) is 11.3 Å². The van der Waals surface area contributed by atoms with E-state index in [1.165, 1.54) is 17.2 Å². The maximum absolute atomic E-state index is 8.62. The number of benzene rings is 1. The molecule has 0 N–H and O–H groups in total. The highest BCUT2D eigenvalue weighted by molar-refractivity contribution is 14.1. The molecule has 0 aliphatic heterocycles. The fraction of sp³-hybridized carbons (Fsp3) is 0.100. The SMILES string of the molecule is N#CCc1cc2cc(I)cc(I)c2s1. The Morgan fingerprint density at radius 3 is 2.79 bits per heavy atom. The van der Waals surface area contributed by atoms with Gasteiger partial charge in [0.15, 0.2) is 0 Å². The van der Waals surface area contributed by atoms with Gasteiger partial charge < -0.3 is 0 Å². The van der Waals surface area contributed by atoms with Crippen molar-refractivity contribution < 1.29 is 0 Å². The third-order valence-corrected chi connectivity index (χ3v) is 4.86. The van der Waals surface area contributed by atoms with Crippen LogP contribution in [0.2, 0.25) is 0 Å². The highest BCUT2D eigenvalue weighted by Gasteiger charge is 2.05. The molecular weight excluding hydrogens is 420 g/mol. The molecule has 0 bridgehead atoms. The van der Waals surface area contributed by atoms with Crippen molar-refractivity contribution in [1.82, 2.24) is 0 Å². The predicted molar refractivity (Wildman–Crippen MR) is 76.6 cm³/mol. The van der Waals surface area contributed by atoms with Gasteiger partial charge in [0.05, 0.1) is 12.5 Å². The minimum atomic E-state index is 0.520. The van der Waals surface area contributed by atoms with Crippen molar-refractivity contribution in [3.63, 3.8) is 0 Å². The van der Waals surface area contributed by atoms with Gasteiger partial charge >= 0.3 is 0 Å². The molecule has 70 valence electrons. The van der Waals surface area contributed by atoms with E-state index in [2.05, 4.69) is 69.5 Å². The standard InChI is InChI=1S/C10H5I2NS/c11-7-3-6-4-8(1-2-13)14-10(6)9(12)5-7/h3-5H,1H2. The topological polar surface area (TPSA) is 23.8 Å². The van der Waals surface area contributed by atoms with Crippen molar-refractivity contribution in [2.24, 2.45) is 0 Å². The first kappa shape index (κ1) is 10.6. The number of rotatable bonds is 1. The van der Waals surface area contributed by atoms with Crippen molar-refractivity contribution in [3.8, 4) is 6.07 Å². The van der Waals surface area contributed by atoms with Crippen LogP contribution in [0.1, 0.15) is 4.88 Å². The molecule has 1 aromatic heterocycles. The van der Waals surface area contributed by atoms with Gasteiger partial charge in [-0.25, -0.2) is 0 Å². The van der Waals surface area contributed by atoms with E-state index in [-0.39, 0.29) is 0 Å². The quantitative estimate of drug-likeness (QED) is 0.630. The number of hydrogen-bond acceptors (Lipinski definition) is 2. The van der Waals surface area contributed by atoms with Crippen LogP contribution in [0.25, 0.3) is 10.1 Å². The lowest BCUT2D eigenvalue weighted by Crippen LogP contribution is -1.74. The smallest absolute Gasteiger partial charge is 0.0696 e. The summed E-state index contributed by atoms with van der Waals surface area (Å²) in [4.78, 5) is 1.16. The van der Waals surface area contributed by atoms with Gasteiger partial charge in [0, 0.05) is 16.7 Å². The van der Waals surface area contributed by atoms with E-state index in [4.69, 9.17) is 5.26 Å². The molecule has 0 amide bonds. The van der Waals surface area contributed by atoms with Gasteiger partial charge in [-0.3, -0.25) is 0 Å². The number of fused-ring (bicyclic) bond motifs is 1. The molecule has 0 unspecified atom stereocenters. The van der Waals surface area contributed by atoms with Crippen molar-refractivity contribution >= 4 is 66.6 Å². The third kappa shape index (κ3) is 2.04. The van der Waals surface area contributed by atoms with E-state index in [9.17, 15) is 0 Å². The van der Waals surface area contributed by atoms with Crippen LogP contribution in [0.4, 0.5) is 0 Å². The number of nitriles is 1. The summed E-state index contributed by atoms with van der Waals surface area (Å²) in [5, 5.41) is 9.88. The lowest BCUT2D eigenvalue weighted by Gasteiger charge is -1.94. The summed E-state index contributed by atoms with van der Waals surface area (Å²) in [6.45, 7) is 0. The summed E-state index contributed by atoms with van der Waals surface area (Å²) in [7, 11) is 0. The van der Waals surface area contributed by atoms with E-state index >= 15 is 0 Å². The molecular formula is C10H5I2NS. The molecule has 1 heterocycles. The summed E-state index contributed by atoms with van der Waals surface area (Å²) in [5.74, 6) is 0. The van der Waals surface area contributed by atoms with Crippen LogP contribution in [0.5, 0.6) is 0 Å². The fourth-order valence-electron chi connectivity index (χ4n) is 1.29. The maximum atomic E-state index is 8.62. The summed E-state index contributed by atoms with van der Waals surface area (Å²) in [5.41, 5.74) is 0. The molecule has 2 rings (SSSR count). The zero-order valence-corrected chi connectivity index (χ0v) is 12.2. The second kappa shape index (κ2) is 4.33. The first-order valence-electron chi connectivity index (χ1n) is 3.95. The highest BCUT2D eigenvalue weighted by atomic mass is 127. The van der Waals surface area contributed by atoms with Gasteiger partial charge in [-0.1, -0.05) is 0 Å². The molecule has 4 heteroatoms. The zero-order chi connectivity index (χ0) is 10.1. The number of hydrogen-bond donors (Lipinski definition) is 0. The Bertz CT molecular complexity index is 525. The second-order valence-corrected chi connectivity index (χ2v) is 6.40. The van der Waals surface area contributed by atoms with Crippen LogP contribution < -0.4 is 0 Å². The lowest BCUT2D eigenvalue weighted by atomic mass is 10.2. The molecule has 0 fully saturated rings. The molecule has 14 heavy (non-hydrogen) atoms. The Hall–Kier alpha value is 0.130. The molecule has 0 aliphatic carbocycles. The number of thiophene rings is 1. The maximum Gasteiger partial charge on any atom is 0.0696 e. The van der Waals surface area contributed by atoms with Gasteiger partial charge in [-0.05, 0) is 68.8 Å². The molecule has 0 atom stereocenters. The lowest BCUT2D eigenvalue weighted by molar-refractivity contribution is 1.32. The Morgan fingerprint density at radius 1 is 1.29 bits per heavy atom. The molecule has 1 nitrogen and oxygen atoms in total. The van der Waals surface area contributed by atoms with E-state index in [1.807, 2.05) is 0 Å². The van der Waals surface area contributed by atoms with Crippen molar-refractivity contribution in [2.45, 2.75) is 6.42 Å². The second-order valence-electron chi connectivity index (χ2n) is 2.85. The summed E-state index contributed by atoms with van der Waals surface area (Å²) in [6.07, 6.45) is 0.520. The van der Waals surface area contributed by atoms with Crippen LogP contribution in [-0.2, 0) is 6.42 Å². The van der Waals surface area contributed by atoms with Crippen molar-refractivity contribution in [3.05, 3.63) is 30.2 Å². The van der Waals surface area contributed by atoms with Gasteiger partial charge in [-0.2, -0.15) is 5.26 Å². The Kier molecular flexibility index (Phi) is 3.29. The minimum Gasteiger partial charge on any atom is -0.198 e. The largest absolute Gasteiger partial charge is 0.198 e. The Labute approximate surface area is 113 Å². The van der Waals surface area contributed by atoms with E-state index in [1.54, 1.807) is 11.3 Å². The molecule has 0 radical (unpaired) electrons. The molecule has 0 aliphatic rings. The fourth-order valence-corrected chi connectivity index (χ4v) is 4.49. The normalized spacial score (nSPS) is 10.4. The summed E-state index contributed by atoms with van der Waals surface area (Å²) in [6, 6.07) is 8.63. The summed E-state index contributed by atoms with van der Waals surface area (Å²) < 4.78 is 3.83. The number of nitrogens with zero attached hydrogens (tertiary/aromatic N) is 1. The van der Waals surface area contributed by atoms with Gasteiger partial charge in [0.2, 0.25) is 0 Å². The molecule has 2 aromatic rings. The Morgan fingerprint density at radius 2 is 2.07 bits per heavy atom. The van der Waals surface area contributed by atoms with Crippen LogP contribution in [0.15, 0.2) is 18.2 Å². The monoisotopic (exact) mass is 425 g/mol. The van der Waals surface area contributed by atoms with Crippen LogP contribution in [0, 0.1) is 18.5 Å². The predicted octanol–water partition coefficient (Wildman–Crippen LogP) is 4.18. The molecule has 0 spiro atoms. The average Bonchev–Trinajstić information content (AvgIpc) is 2.48.